The number of carboxylic acids is 1. The van der Waals surface area contributed by atoms with Gasteiger partial charge in [-0.2, -0.15) is 0 Å². The van der Waals surface area contributed by atoms with Crippen LogP contribution >= 0.6 is 0 Å². The third kappa shape index (κ3) is 4.35. The molecule has 1 amide bonds. The van der Waals surface area contributed by atoms with Gasteiger partial charge in [0.15, 0.2) is 0 Å². The van der Waals surface area contributed by atoms with E-state index in [1.54, 1.807) is 13.0 Å². The minimum atomic E-state index is -1.06. The quantitative estimate of drug-likeness (QED) is 0.816. The second kappa shape index (κ2) is 6.86. The minimum absolute atomic E-state index is 0.0925. The summed E-state index contributed by atoms with van der Waals surface area (Å²) in [5.74, 6) is -1.40. The lowest BCUT2D eigenvalue weighted by atomic mass is 10.1. The number of carbonyl (C=O) groups excluding carboxylic acids is 1. The van der Waals surface area contributed by atoms with Crippen LogP contribution in [0.1, 0.15) is 22.8 Å². The van der Waals surface area contributed by atoms with Crippen molar-refractivity contribution in [1.29, 1.82) is 0 Å². The molecular weight excluding hydrogens is 250 g/mol. The van der Waals surface area contributed by atoms with Crippen LogP contribution in [0.15, 0.2) is 18.2 Å². The number of hydrogen-bond acceptors (Lipinski definition) is 4. The van der Waals surface area contributed by atoms with E-state index in [9.17, 15) is 9.59 Å². The molecule has 0 heterocycles. The Morgan fingerprint density at radius 2 is 2.00 bits per heavy atom. The van der Waals surface area contributed by atoms with Crippen molar-refractivity contribution in [3.63, 3.8) is 0 Å². The Bertz CT molecular complexity index is 472. The smallest absolute Gasteiger partial charge is 0.335 e. The molecule has 0 aromatic heterocycles. The van der Waals surface area contributed by atoms with Gasteiger partial charge in [0, 0.05) is 19.9 Å². The predicted molar refractivity (Wildman–Crippen MR) is 69.2 cm³/mol. The molecule has 104 valence electrons. The van der Waals surface area contributed by atoms with Gasteiger partial charge in [-0.05, 0) is 30.7 Å². The van der Waals surface area contributed by atoms with Gasteiger partial charge in [-0.3, -0.25) is 4.79 Å². The Balaban J connectivity index is 2.99. The number of carboxylic acid groups (broad SMARTS) is 1. The van der Waals surface area contributed by atoms with E-state index >= 15 is 0 Å². The summed E-state index contributed by atoms with van der Waals surface area (Å²) in [5.41, 5.74) is 1.17. The van der Waals surface area contributed by atoms with Crippen molar-refractivity contribution >= 4 is 17.6 Å². The molecule has 0 spiro atoms. The second-order valence-electron chi connectivity index (χ2n) is 4.02. The molecule has 19 heavy (non-hydrogen) atoms. The van der Waals surface area contributed by atoms with E-state index < -0.39 is 12.1 Å². The number of nitrogens with one attached hydrogen (secondary N) is 1. The highest BCUT2D eigenvalue weighted by atomic mass is 16.5. The molecule has 1 aromatic carbocycles. The molecule has 1 aromatic rings. The number of aromatic carboxylic acids is 1. The van der Waals surface area contributed by atoms with E-state index in [0.29, 0.717) is 11.3 Å². The summed E-state index contributed by atoms with van der Waals surface area (Å²) in [5, 5.41) is 11.6. The van der Waals surface area contributed by atoms with Crippen molar-refractivity contribution in [2.75, 3.05) is 19.5 Å². The molecule has 0 radical (unpaired) electrons. The standard InChI is InChI=1S/C13H17NO5/c1-8(19-3)12(15)14-11-5-9(7-18-2)4-10(6-11)13(16)17/h4-6,8H,7H2,1-3H3,(H,14,15)(H,16,17)/t8-/m1/s1. The van der Waals surface area contributed by atoms with E-state index in [0.717, 1.165) is 0 Å². The summed E-state index contributed by atoms with van der Waals surface area (Å²) in [6, 6.07) is 4.55. The number of methoxy groups -OCH3 is 2. The van der Waals surface area contributed by atoms with Crippen molar-refractivity contribution in [3.8, 4) is 0 Å². The van der Waals surface area contributed by atoms with Gasteiger partial charge in [-0.15, -0.1) is 0 Å². The van der Waals surface area contributed by atoms with E-state index in [1.807, 2.05) is 0 Å². The van der Waals surface area contributed by atoms with Crippen molar-refractivity contribution in [1.82, 2.24) is 0 Å². The third-order valence-electron chi connectivity index (χ3n) is 2.54. The monoisotopic (exact) mass is 267 g/mol. The lowest BCUT2D eigenvalue weighted by molar-refractivity contribution is -0.124. The Morgan fingerprint density at radius 1 is 1.32 bits per heavy atom. The number of rotatable bonds is 6. The van der Waals surface area contributed by atoms with Crippen LogP contribution in [0.5, 0.6) is 0 Å². The summed E-state index contributed by atoms with van der Waals surface area (Å²) in [6.07, 6.45) is -0.612. The van der Waals surface area contributed by atoms with Crippen molar-refractivity contribution in [3.05, 3.63) is 29.3 Å². The number of amides is 1. The van der Waals surface area contributed by atoms with Crippen LogP contribution in [-0.4, -0.2) is 37.3 Å². The molecule has 0 aliphatic heterocycles. The lowest BCUT2D eigenvalue weighted by Gasteiger charge is -2.12. The Labute approximate surface area is 111 Å². The second-order valence-corrected chi connectivity index (χ2v) is 4.02. The minimum Gasteiger partial charge on any atom is -0.478 e. The van der Waals surface area contributed by atoms with Crippen molar-refractivity contribution in [2.45, 2.75) is 19.6 Å². The molecule has 6 heteroatoms. The molecule has 0 saturated heterocycles. The van der Waals surface area contributed by atoms with E-state index in [4.69, 9.17) is 14.6 Å². The van der Waals surface area contributed by atoms with Crippen LogP contribution in [-0.2, 0) is 20.9 Å². The largest absolute Gasteiger partial charge is 0.478 e. The fraction of sp³-hybridized carbons (Fsp3) is 0.385. The van der Waals surface area contributed by atoms with Crippen molar-refractivity contribution in [2.24, 2.45) is 0 Å². The average molecular weight is 267 g/mol. The molecular formula is C13H17NO5. The van der Waals surface area contributed by atoms with Gasteiger partial charge in [0.05, 0.1) is 12.2 Å². The van der Waals surface area contributed by atoms with Gasteiger partial charge in [0.1, 0.15) is 6.10 Å². The molecule has 0 unspecified atom stereocenters. The number of ether oxygens (including phenoxy) is 2. The van der Waals surface area contributed by atoms with E-state index in [2.05, 4.69) is 5.32 Å². The summed E-state index contributed by atoms with van der Waals surface area (Å²) < 4.78 is 9.85. The van der Waals surface area contributed by atoms with E-state index in [-0.39, 0.29) is 18.1 Å². The summed E-state index contributed by atoms with van der Waals surface area (Å²) >= 11 is 0. The lowest BCUT2D eigenvalue weighted by Crippen LogP contribution is -2.26. The first-order valence-electron chi connectivity index (χ1n) is 5.67. The molecule has 0 aliphatic rings. The fourth-order valence-corrected chi connectivity index (χ4v) is 1.49. The number of hydrogen-bond donors (Lipinski definition) is 2. The predicted octanol–water partition coefficient (Wildman–Crippen LogP) is 1.50. The molecule has 2 N–H and O–H groups in total. The first-order chi connectivity index (χ1) is 8.97. The maximum Gasteiger partial charge on any atom is 0.335 e. The SMILES string of the molecule is COCc1cc(NC(=O)[C@@H](C)OC)cc(C(=O)O)c1. The Morgan fingerprint density at radius 3 is 2.53 bits per heavy atom. The molecule has 0 fully saturated rings. The van der Waals surface area contributed by atoms with E-state index in [1.165, 1.54) is 26.4 Å². The highest BCUT2D eigenvalue weighted by Gasteiger charge is 2.13. The molecule has 0 saturated carbocycles. The number of benzene rings is 1. The summed E-state index contributed by atoms with van der Waals surface area (Å²) in [7, 11) is 2.94. The van der Waals surface area contributed by atoms with Gasteiger partial charge in [-0.25, -0.2) is 4.79 Å². The van der Waals surface area contributed by atoms with Crippen LogP contribution < -0.4 is 5.32 Å². The zero-order chi connectivity index (χ0) is 14.4. The highest BCUT2D eigenvalue weighted by Crippen LogP contribution is 2.16. The third-order valence-corrected chi connectivity index (χ3v) is 2.54. The fourth-order valence-electron chi connectivity index (χ4n) is 1.49. The average Bonchev–Trinajstić information content (AvgIpc) is 2.37. The Hall–Kier alpha value is -1.92. The van der Waals surface area contributed by atoms with Crippen LogP contribution in [0.25, 0.3) is 0 Å². The van der Waals surface area contributed by atoms with Crippen LogP contribution in [0.2, 0.25) is 0 Å². The molecule has 1 rings (SSSR count). The van der Waals surface area contributed by atoms with Crippen LogP contribution in [0.4, 0.5) is 5.69 Å². The summed E-state index contributed by atoms with van der Waals surface area (Å²) in [6.45, 7) is 1.87. The molecule has 6 nitrogen and oxygen atoms in total. The molecule has 1 atom stereocenters. The van der Waals surface area contributed by atoms with Gasteiger partial charge in [-0.1, -0.05) is 0 Å². The normalized spacial score (nSPS) is 11.9. The van der Waals surface area contributed by atoms with Gasteiger partial charge >= 0.3 is 5.97 Å². The first kappa shape index (κ1) is 15.1. The van der Waals surface area contributed by atoms with Crippen molar-refractivity contribution < 1.29 is 24.2 Å². The first-order valence-corrected chi connectivity index (χ1v) is 5.67. The zero-order valence-electron chi connectivity index (χ0n) is 11.1. The molecule has 0 aliphatic carbocycles. The van der Waals surface area contributed by atoms with Crippen LogP contribution in [0, 0.1) is 0 Å². The Kier molecular flexibility index (Phi) is 5.47. The van der Waals surface area contributed by atoms with Gasteiger partial charge in [0.2, 0.25) is 0 Å². The molecule has 0 bridgehead atoms. The number of carbonyl (C=O) groups is 2. The highest BCUT2D eigenvalue weighted by molar-refractivity contribution is 5.96. The number of anilines is 1. The maximum absolute atomic E-state index is 11.7. The maximum atomic E-state index is 11.7. The van der Waals surface area contributed by atoms with Crippen LogP contribution in [0.3, 0.4) is 0 Å². The zero-order valence-corrected chi connectivity index (χ0v) is 11.1. The van der Waals surface area contributed by atoms with Gasteiger partial charge < -0.3 is 19.9 Å². The summed E-state index contributed by atoms with van der Waals surface area (Å²) in [4.78, 5) is 22.7. The topological polar surface area (TPSA) is 84.9 Å². The van der Waals surface area contributed by atoms with Gasteiger partial charge in [0.25, 0.3) is 5.91 Å².